The van der Waals surface area contributed by atoms with E-state index in [9.17, 15) is 33.9 Å². The van der Waals surface area contributed by atoms with Crippen LogP contribution >= 0.6 is 0 Å². The number of nitrogens with two attached hydrogens (primary N) is 2. The lowest BCUT2D eigenvalue weighted by Crippen LogP contribution is -2.58. The number of H-pyrrole nitrogens is 1. The number of nitrogens with one attached hydrogen (secondary N) is 4. The molecule has 15 nitrogen and oxygen atoms in total. The van der Waals surface area contributed by atoms with Crippen molar-refractivity contribution >= 4 is 35.6 Å². The highest BCUT2D eigenvalue weighted by atomic mass is 16.4. The van der Waals surface area contributed by atoms with Gasteiger partial charge in [-0.3, -0.25) is 24.0 Å². The number of aliphatic carboxylic acids is 2. The maximum absolute atomic E-state index is 13.0. The van der Waals surface area contributed by atoms with Gasteiger partial charge in [-0.25, -0.2) is 9.78 Å². The third-order valence-electron chi connectivity index (χ3n) is 5.15. The van der Waals surface area contributed by atoms with Crippen LogP contribution in [0.4, 0.5) is 0 Å². The van der Waals surface area contributed by atoms with Crippen LogP contribution in [-0.2, 0) is 35.2 Å². The van der Waals surface area contributed by atoms with Gasteiger partial charge in [0.05, 0.1) is 12.4 Å². The number of primary amides is 1. The summed E-state index contributed by atoms with van der Waals surface area (Å²) in [6.07, 6.45) is 1.56. The van der Waals surface area contributed by atoms with E-state index in [1.807, 2.05) is 0 Å². The summed E-state index contributed by atoms with van der Waals surface area (Å²) in [4.78, 5) is 78.6. The zero-order chi connectivity index (χ0) is 27.4. The van der Waals surface area contributed by atoms with Gasteiger partial charge in [-0.1, -0.05) is 13.8 Å². The minimum absolute atomic E-state index is 0.0640. The lowest BCUT2D eigenvalue weighted by molar-refractivity contribution is -0.143. The van der Waals surface area contributed by atoms with Crippen molar-refractivity contribution in [3.63, 3.8) is 0 Å². The van der Waals surface area contributed by atoms with Gasteiger partial charge in [-0.2, -0.15) is 0 Å². The Balaban J connectivity index is 3.01. The van der Waals surface area contributed by atoms with Crippen molar-refractivity contribution in [2.75, 3.05) is 0 Å². The first-order valence-electron chi connectivity index (χ1n) is 11.2. The molecule has 0 aliphatic carbocycles. The second-order valence-electron chi connectivity index (χ2n) is 8.52. The summed E-state index contributed by atoms with van der Waals surface area (Å²) in [6.45, 7) is 3.14. The Hall–Kier alpha value is -4.01. The molecular weight excluding hydrogens is 478 g/mol. The molecule has 0 aromatic carbocycles. The zero-order valence-electron chi connectivity index (χ0n) is 20.0. The van der Waals surface area contributed by atoms with Gasteiger partial charge < -0.3 is 42.6 Å². The number of carboxylic acids is 2. The van der Waals surface area contributed by atoms with Crippen LogP contribution in [0.3, 0.4) is 0 Å². The predicted molar refractivity (Wildman–Crippen MR) is 124 cm³/mol. The molecule has 1 aromatic rings. The van der Waals surface area contributed by atoms with Crippen LogP contribution in [0.2, 0.25) is 0 Å². The summed E-state index contributed by atoms with van der Waals surface area (Å²) in [7, 11) is 0. The number of nitrogens with zero attached hydrogens (tertiary/aromatic N) is 1. The molecule has 10 N–H and O–H groups in total. The highest BCUT2D eigenvalue weighted by Gasteiger charge is 2.31. The highest BCUT2D eigenvalue weighted by molar-refractivity contribution is 5.94. The number of aromatic amines is 1. The SMILES string of the molecule is CC(C)C(NC(=O)C(CCC(N)=O)NC(=O)C(CCC(=O)O)NC(=O)C(N)Cc1cnc[nH]1)C(=O)O. The first kappa shape index (κ1) is 30.0. The number of carbonyl (C=O) groups excluding carboxylic acids is 4. The Kier molecular flexibility index (Phi) is 12.0. The fourth-order valence-corrected chi connectivity index (χ4v) is 3.14. The van der Waals surface area contributed by atoms with Gasteiger partial charge in [-0.15, -0.1) is 0 Å². The largest absolute Gasteiger partial charge is 0.481 e. The number of aromatic nitrogens is 2. The molecule has 0 saturated carbocycles. The molecule has 0 aliphatic heterocycles. The number of carboxylic acid groups (broad SMARTS) is 2. The van der Waals surface area contributed by atoms with E-state index in [2.05, 4.69) is 25.9 Å². The third kappa shape index (κ3) is 10.5. The Bertz CT molecular complexity index is 935. The van der Waals surface area contributed by atoms with Crippen LogP contribution in [0.5, 0.6) is 0 Å². The van der Waals surface area contributed by atoms with Gasteiger partial charge in [-0.05, 0) is 18.8 Å². The molecule has 4 amide bonds. The van der Waals surface area contributed by atoms with E-state index in [-0.39, 0.29) is 25.7 Å². The fraction of sp³-hybridized carbons (Fsp3) is 0.571. The van der Waals surface area contributed by atoms with Crippen molar-refractivity contribution in [3.05, 3.63) is 18.2 Å². The molecule has 0 aliphatic rings. The number of imidazole rings is 1. The van der Waals surface area contributed by atoms with E-state index in [0.29, 0.717) is 5.69 Å². The van der Waals surface area contributed by atoms with Crippen LogP contribution < -0.4 is 27.4 Å². The Morgan fingerprint density at radius 3 is 1.97 bits per heavy atom. The molecule has 0 fully saturated rings. The monoisotopic (exact) mass is 511 g/mol. The number of amides is 4. The molecule has 1 heterocycles. The van der Waals surface area contributed by atoms with Crippen molar-refractivity contribution in [1.82, 2.24) is 25.9 Å². The summed E-state index contributed by atoms with van der Waals surface area (Å²) >= 11 is 0. The van der Waals surface area contributed by atoms with Crippen LogP contribution in [0.25, 0.3) is 0 Å². The molecule has 0 bridgehead atoms. The van der Waals surface area contributed by atoms with Gasteiger partial charge in [0.2, 0.25) is 23.6 Å². The van der Waals surface area contributed by atoms with Crippen molar-refractivity contribution < 1.29 is 39.0 Å². The van der Waals surface area contributed by atoms with Crippen LogP contribution in [0.15, 0.2) is 12.5 Å². The summed E-state index contributed by atoms with van der Waals surface area (Å²) < 4.78 is 0. The first-order valence-corrected chi connectivity index (χ1v) is 11.2. The highest BCUT2D eigenvalue weighted by Crippen LogP contribution is 2.07. The Morgan fingerprint density at radius 1 is 0.944 bits per heavy atom. The first-order chi connectivity index (χ1) is 16.8. The molecule has 4 atom stereocenters. The van der Waals surface area contributed by atoms with Crippen molar-refractivity contribution in [1.29, 1.82) is 0 Å². The van der Waals surface area contributed by atoms with Crippen molar-refractivity contribution in [2.45, 2.75) is 70.1 Å². The summed E-state index contributed by atoms with van der Waals surface area (Å²) in [5.41, 5.74) is 11.6. The van der Waals surface area contributed by atoms with E-state index in [1.165, 1.54) is 12.5 Å². The van der Waals surface area contributed by atoms with Gasteiger partial charge >= 0.3 is 11.9 Å². The normalized spacial score (nSPS) is 14.2. The maximum atomic E-state index is 13.0. The van der Waals surface area contributed by atoms with Gasteiger partial charge in [0.25, 0.3) is 0 Å². The van der Waals surface area contributed by atoms with E-state index < -0.39 is 72.1 Å². The minimum Gasteiger partial charge on any atom is -0.481 e. The lowest BCUT2D eigenvalue weighted by Gasteiger charge is -2.25. The quantitative estimate of drug-likeness (QED) is 0.117. The third-order valence-corrected chi connectivity index (χ3v) is 5.15. The lowest BCUT2D eigenvalue weighted by atomic mass is 10.0. The Morgan fingerprint density at radius 2 is 1.50 bits per heavy atom. The standard InChI is InChI=1S/C21H33N7O8/c1-10(2)17(21(35)36)28-20(34)13(3-5-15(23)29)27-19(33)14(4-6-16(30)31)26-18(32)12(22)7-11-8-24-9-25-11/h8-10,12-14,17H,3-7,22H2,1-2H3,(H2,23,29)(H,24,25)(H,26,32)(H,27,33)(H,28,34)(H,30,31)(H,35,36). The number of hydrogen-bond donors (Lipinski definition) is 8. The molecule has 4 unspecified atom stereocenters. The van der Waals surface area contributed by atoms with E-state index in [0.717, 1.165) is 0 Å². The second kappa shape index (κ2) is 14.4. The molecule has 0 spiro atoms. The number of rotatable bonds is 16. The number of carbonyl (C=O) groups is 6. The van der Waals surface area contributed by atoms with Gasteiger partial charge in [0, 0.05) is 31.2 Å². The average molecular weight is 512 g/mol. The van der Waals surface area contributed by atoms with Gasteiger partial charge in [0.15, 0.2) is 0 Å². The Labute approximate surface area is 206 Å². The van der Waals surface area contributed by atoms with Crippen LogP contribution in [-0.4, -0.2) is 79.9 Å². The molecule has 15 heteroatoms. The van der Waals surface area contributed by atoms with Crippen LogP contribution in [0, 0.1) is 5.92 Å². The maximum Gasteiger partial charge on any atom is 0.326 e. The van der Waals surface area contributed by atoms with E-state index in [4.69, 9.17) is 16.6 Å². The molecule has 36 heavy (non-hydrogen) atoms. The zero-order valence-corrected chi connectivity index (χ0v) is 20.0. The minimum atomic E-state index is -1.38. The fourth-order valence-electron chi connectivity index (χ4n) is 3.14. The smallest absolute Gasteiger partial charge is 0.326 e. The van der Waals surface area contributed by atoms with Crippen molar-refractivity contribution in [3.8, 4) is 0 Å². The molecule has 0 radical (unpaired) electrons. The van der Waals surface area contributed by atoms with Gasteiger partial charge in [0.1, 0.15) is 18.1 Å². The topological polar surface area (TPSA) is 260 Å². The van der Waals surface area contributed by atoms with Crippen molar-refractivity contribution in [2.24, 2.45) is 17.4 Å². The molecular formula is C21H33N7O8. The predicted octanol–water partition coefficient (Wildman–Crippen LogP) is -2.40. The van der Waals surface area contributed by atoms with E-state index >= 15 is 0 Å². The summed E-state index contributed by atoms with van der Waals surface area (Å²) in [5.74, 6) is -6.33. The molecule has 1 rings (SSSR count). The summed E-state index contributed by atoms with van der Waals surface area (Å²) in [5, 5.41) is 25.4. The molecule has 0 saturated heterocycles. The van der Waals surface area contributed by atoms with Crippen LogP contribution in [0.1, 0.15) is 45.2 Å². The van der Waals surface area contributed by atoms with E-state index in [1.54, 1.807) is 13.8 Å². The molecule has 1 aromatic heterocycles. The number of hydrogen-bond acceptors (Lipinski definition) is 8. The second-order valence-corrected chi connectivity index (χ2v) is 8.52. The molecule has 200 valence electrons. The average Bonchev–Trinajstić information content (AvgIpc) is 3.29. The summed E-state index contributed by atoms with van der Waals surface area (Å²) in [6, 6.07) is -5.13.